The summed E-state index contributed by atoms with van der Waals surface area (Å²) in [7, 11) is 0. The van der Waals surface area contributed by atoms with Crippen molar-refractivity contribution in [3.63, 3.8) is 0 Å². The van der Waals surface area contributed by atoms with Crippen molar-refractivity contribution in [2.75, 3.05) is 26.3 Å². The van der Waals surface area contributed by atoms with Crippen LogP contribution in [0.15, 0.2) is 0 Å². The van der Waals surface area contributed by atoms with Crippen molar-refractivity contribution in [3.05, 3.63) is 0 Å². The molecule has 1 aliphatic heterocycles. The van der Waals surface area contributed by atoms with E-state index < -0.39 is 5.60 Å². The van der Waals surface area contributed by atoms with E-state index in [4.69, 9.17) is 4.74 Å². The van der Waals surface area contributed by atoms with Crippen molar-refractivity contribution >= 4 is 12.4 Å². The molecule has 1 N–H and O–H groups in total. The molecular weight excluding hydrogens is 226 g/mol. The van der Waals surface area contributed by atoms with Crippen molar-refractivity contribution in [1.82, 2.24) is 4.90 Å². The summed E-state index contributed by atoms with van der Waals surface area (Å²) in [6.45, 7) is 9.90. The van der Waals surface area contributed by atoms with Gasteiger partial charge < -0.3 is 9.84 Å². The van der Waals surface area contributed by atoms with Gasteiger partial charge in [-0.05, 0) is 40.0 Å². The molecule has 1 saturated heterocycles. The van der Waals surface area contributed by atoms with E-state index in [-0.39, 0.29) is 12.4 Å². The van der Waals surface area contributed by atoms with Gasteiger partial charge in [-0.25, -0.2) is 0 Å². The summed E-state index contributed by atoms with van der Waals surface area (Å²) in [4.78, 5) is 2.48. The van der Waals surface area contributed by atoms with E-state index in [2.05, 4.69) is 11.8 Å². The Hall–Kier alpha value is 0.170. The lowest BCUT2D eigenvalue weighted by Gasteiger charge is -2.32. The largest absolute Gasteiger partial charge is 0.390 e. The second kappa shape index (κ2) is 7.49. The van der Waals surface area contributed by atoms with Crippen molar-refractivity contribution < 1.29 is 9.84 Å². The average molecular weight is 252 g/mol. The molecule has 1 heterocycles. The Morgan fingerprint density at radius 2 is 1.88 bits per heavy atom. The molecule has 1 atom stereocenters. The molecular formula is C12H26ClNO2. The van der Waals surface area contributed by atoms with Gasteiger partial charge in [-0.2, -0.15) is 0 Å². The molecule has 1 aliphatic rings. The number of hydrogen-bond donors (Lipinski definition) is 1. The van der Waals surface area contributed by atoms with Gasteiger partial charge >= 0.3 is 0 Å². The fourth-order valence-corrected chi connectivity index (χ4v) is 2.03. The number of ether oxygens (including phenoxy) is 1. The Balaban J connectivity index is 0.00000225. The van der Waals surface area contributed by atoms with Gasteiger partial charge in [-0.15, -0.1) is 12.4 Å². The first-order valence-corrected chi connectivity index (χ1v) is 6.03. The maximum absolute atomic E-state index is 9.61. The summed E-state index contributed by atoms with van der Waals surface area (Å²) >= 11 is 0. The van der Waals surface area contributed by atoms with Crippen molar-refractivity contribution in [3.8, 4) is 0 Å². The van der Waals surface area contributed by atoms with E-state index in [0.29, 0.717) is 6.04 Å². The van der Waals surface area contributed by atoms with Crippen LogP contribution in [0, 0.1) is 0 Å². The minimum atomic E-state index is -0.509. The van der Waals surface area contributed by atoms with E-state index >= 15 is 0 Å². The normalized spacial score (nSPS) is 20.2. The summed E-state index contributed by atoms with van der Waals surface area (Å²) in [5.74, 6) is 0. The van der Waals surface area contributed by atoms with Crippen molar-refractivity contribution in [2.24, 2.45) is 0 Å². The first-order valence-electron chi connectivity index (χ1n) is 6.03. The molecule has 4 heteroatoms. The monoisotopic (exact) mass is 251 g/mol. The zero-order valence-corrected chi connectivity index (χ0v) is 11.6. The SMILES string of the molecule is CC(CCCC(C)(C)O)N1CCOCC1.Cl. The maximum atomic E-state index is 9.61. The van der Waals surface area contributed by atoms with Crippen LogP contribution < -0.4 is 0 Å². The van der Waals surface area contributed by atoms with E-state index in [1.807, 2.05) is 13.8 Å². The Morgan fingerprint density at radius 1 is 1.31 bits per heavy atom. The predicted octanol–water partition coefficient (Wildman–Crippen LogP) is 2.07. The van der Waals surface area contributed by atoms with Gasteiger partial charge in [0.2, 0.25) is 0 Å². The average Bonchev–Trinajstić information content (AvgIpc) is 2.17. The second-order valence-electron chi connectivity index (χ2n) is 5.20. The fourth-order valence-electron chi connectivity index (χ4n) is 2.03. The molecule has 0 saturated carbocycles. The molecule has 3 nitrogen and oxygen atoms in total. The van der Waals surface area contributed by atoms with E-state index in [0.717, 1.165) is 39.1 Å². The van der Waals surface area contributed by atoms with Gasteiger partial charge in [0.15, 0.2) is 0 Å². The van der Waals surface area contributed by atoms with Gasteiger partial charge in [-0.1, -0.05) is 0 Å². The Bertz CT molecular complexity index is 176. The summed E-state index contributed by atoms with van der Waals surface area (Å²) in [6.07, 6.45) is 3.16. The van der Waals surface area contributed by atoms with Gasteiger partial charge in [0.1, 0.15) is 0 Å². The van der Waals surface area contributed by atoms with Gasteiger partial charge in [0, 0.05) is 19.1 Å². The highest BCUT2D eigenvalue weighted by Gasteiger charge is 2.18. The lowest BCUT2D eigenvalue weighted by atomic mass is 9.99. The molecule has 16 heavy (non-hydrogen) atoms. The van der Waals surface area contributed by atoms with Gasteiger partial charge in [0.05, 0.1) is 18.8 Å². The molecule has 98 valence electrons. The standard InChI is InChI=1S/C12H25NO2.ClH/c1-11(5-4-6-12(2,3)14)13-7-9-15-10-8-13;/h11,14H,4-10H2,1-3H3;1H. The van der Waals surface area contributed by atoms with E-state index in [9.17, 15) is 5.11 Å². The Kier molecular flexibility index (Phi) is 7.57. The molecule has 1 unspecified atom stereocenters. The highest BCUT2D eigenvalue weighted by Crippen LogP contribution is 2.16. The summed E-state index contributed by atoms with van der Waals surface area (Å²) in [5.41, 5.74) is -0.509. The van der Waals surface area contributed by atoms with Crippen LogP contribution >= 0.6 is 12.4 Å². The molecule has 0 aromatic carbocycles. The third-order valence-electron chi connectivity index (χ3n) is 3.08. The van der Waals surface area contributed by atoms with Crippen LogP contribution in [-0.4, -0.2) is 48.0 Å². The van der Waals surface area contributed by atoms with Crippen LogP contribution in [0.4, 0.5) is 0 Å². The predicted molar refractivity (Wildman–Crippen MR) is 69.3 cm³/mol. The number of morpholine rings is 1. The van der Waals surface area contributed by atoms with Crippen LogP contribution in [0.2, 0.25) is 0 Å². The minimum Gasteiger partial charge on any atom is -0.390 e. The molecule has 1 fully saturated rings. The second-order valence-corrected chi connectivity index (χ2v) is 5.20. The highest BCUT2D eigenvalue weighted by molar-refractivity contribution is 5.85. The lowest BCUT2D eigenvalue weighted by molar-refractivity contribution is 0.0154. The first-order chi connectivity index (χ1) is 6.99. The maximum Gasteiger partial charge on any atom is 0.0594 e. The van der Waals surface area contributed by atoms with Gasteiger partial charge in [-0.3, -0.25) is 4.90 Å². The Labute approximate surface area is 106 Å². The third kappa shape index (κ3) is 6.69. The zero-order valence-electron chi connectivity index (χ0n) is 10.7. The van der Waals surface area contributed by atoms with Crippen LogP contribution in [0.1, 0.15) is 40.0 Å². The van der Waals surface area contributed by atoms with Crippen molar-refractivity contribution in [2.45, 2.75) is 51.7 Å². The summed E-state index contributed by atoms with van der Waals surface area (Å²) in [6, 6.07) is 0.622. The summed E-state index contributed by atoms with van der Waals surface area (Å²) < 4.78 is 5.33. The molecule has 1 rings (SSSR count). The fraction of sp³-hybridized carbons (Fsp3) is 1.00. The quantitative estimate of drug-likeness (QED) is 0.812. The number of halogens is 1. The lowest BCUT2D eigenvalue weighted by Crippen LogP contribution is -2.42. The Morgan fingerprint density at radius 3 is 2.38 bits per heavy atom. The van der Waals surface area contributed by atoms with Crippen LogP contribution in [0.5, 0.6) is 0 Å². The highest BCUT2D eigenvalue weighted by atomic mass is 35.5. The van der Waals surface area contributed by atoms with Crippen LogP contribution in [0.25, 0.3) is 0 Å². The number of hydrogen-bond acceptors (Lipinski definition) is 3. The molecule has 0 spiro atoms. The molecule has 0 radical (unpaired) electrons. The molecule has 0 aromatic rings. The molecule has 0 aliphatic carbocycles. The minimum absolute atomic E-state index is 0. The first kappa shape index (κ1) is 16.2. The smallest absolute Gasteiger partial charge is 0.0594 e. The van der Waals surface area contributed by atoms with E-state index in [1.54, 1.807) is 0 Å². The summed E-state index contributed by atoms with van der Waals surface area (Å²) in [5, 5.41) is 9.61. The van der Waals surface area contributed by atoms with Crippen molar-refractivity contribution in [1.29, 1.82) is 0 Å². The molecule has 0 bridgehead atoms. The van der Waals surface area contributed by atoms with Gasteiger partial charge in [0.25, 0.3) is 0 Å². The van der Waals surface area contributed by atoms with E-state index in [1.165, 1.54) is 6.42 Å². The zero-order chi connectivity index (χ0) is 11.3. The molecule has 0 aromatic heterocycles. The van der Waals surface area contributed by atoms with Crippen LogP contribution in [0.3, 0.4) is 0 Å². The number of aliphatic hydroxyl groups is 1. The third-order valence-corrected chi connectivity index (χ3v) is 3.08. The van der Waals surface area contributed by atoms with Crippen LogP contribution in [-0.2, 0) is 4.74 Å². The molecule has 0 amide bonds. The number of rotatable bonds is 5. The number of nitrogens with zero attached hydrogens (tertiary/aromatic N) is 1. The topological polar surface area (TPSA) is 32.7 Å².